The van der Waals surface area contributed by atoms with Crippen LogP contribution in [0.25, 0.3) is 0 Å². The number of rotatable bonds is 6. The molecule has 2 rings (SSSR count). The van der Waals surface area contributed by atoms with E-state index in [2.05, 4.69) is 25.2 Å². The van der Waals surface area contributed by atoms with Gasteiger partial charge >= 0.3 is 29.6 Å². The number of carboxylic acid groups (broad SMARTS) is 1. The van der Waals surface area contributed by atoms with Gasteiger partial charge in [0.2, 0.25) is 6.33 Å². The normalized spacial score (nSPS) is 11.9. The van der Waals surface area contributed by atoms with E-state index in [1.807, 2.05) is 0 Å². The summed E-state index contributed by atoms with van der Waals surface area (Å²) in [5.74, 6) is -2.08. The van der Waals surface area contributed by atoms with Crippen LogP contribution in [0.2, 0.25) is 0 Å². The number of carbonyl (C=O) groups is 1. The van der Waals surface area contributed by atoms with Crippen molar-refractivity contribution >= 4 is 34.0 Å². The van der Waals surface area contributed by atoms with E-state index in [1.165, 1.54) is 18.8 Å². The van der Waals surface area contributed by atoms with Gasteiger partial charge in [0, 0.05) is 10.5 Å². The van der Waals surface area contributed by atoms with Crippen molar-refractivity contribution in [3.63, 3.8) is 0 Å². The summed E-state index contributed by atoms with van der Waals surface area (Å²) in [4.78, 5) is 19.0. The molecular weight excluding hydrogens is 337 g/mol. The van der Waals surface area contributed by atoms with Crippen LogP contribution < -0.4 is 50.2 Å². The number of thiazole rings is 1. The van der Waals surface area contributed by atoms with Crippen LogP contribution in [0.3, 0.4) is 0 Å². The Morgan fingerprint density at radius 1 is 1.57 bits per heavy atom. The number of hydrogen-bond acceptors (Lipinski definition) is 10. The molecule has 0 aliphatic heterocycles. The minimum Gasteiger partial charge on any atom is -0.855 e. The maximum atomic E-state index is 12.1. The molecule has 0 unspecified atom stereocenters. The molecule has 0 aromatic carbocycles. The van der Waals surface area contributed by atoms with Gasteiger partial charge in [-0.1, -0.05) is 5.16 Å². The monoisotopic (exact) mass is 347 g/mol. The first kappa shape index (κ1) is 19.0. The predicted molar refractivity (Wildman–Crippen MR) is 70.3 cm³/mol. The minimum absolute atomic E-state index is 0. The van der Waals surface area contributed by atoms with E-state index in [-0.39, 0.29) is 46.1 Å². The first-order valence-electron chi connectivity index (χ1n) is 5.72. The Hall–Kier alpha value is -2.02. The average molecular weight is 347 g/mol. The molecule has 11 nitrogen and oxygen atoms in total. The third kappa shape index (κ3) is 5.28. The van der Waals surface area contributed by atoms with Crippen LogP contribution in [0, 0.1) is 0 Å². The molecule has 0 aliphatic rings. The van der Waals surface area contributed by atoms with Crippen LogP contribution in [0.4, 0.5) is 5.13 Å². The van der Waals surface area contributed by atoms with Crippen LogP contribution in [-0.4, -0.2) is 39.5 Å². The molecule has 2 N–H and O–H groups in total. The van der Waals surface area contributed by atoms with Gasteiger partial charge < -0.3 is 25.6 Å². The van der Waals surface area contributed by atoms with E-state index in [0.29, 0.717) is 0 Å². The SMILES string of the molecule is CO/N=C(/C([O-])=N[n+]1cnn(CC(=O)[O-])c1)c1csc(N)n1.[Na+]. The quantitative estimate of drug-likeness (QED) is 0.179. The summed E-state index contributed by atoms with van der Waals surface area (Å²) in [6.45, 7) is -0.460. The molecular formula is C10H10N7NaO4S. The standard InChI is InChI=1S/C10H11N7O4S.Na/c1-21-15-8(6-3-22-10(11)13-6)9(20)14-17-4-12-16(5-17)2-7(18)19;/h3-5H,2H2,1H3,(H3-,11,13,14,18,19,20);/q;+1/p-1/b15-8+;. The molecule has 0 amide bonds. The molecule has 116 valence electrons. The smallest absolute Gasteiger partial charge is 0.855 e. The van der Waals surface area contributed by atoms with Crippen molar-refractivity contribution in [2.24, 2.45) is 10.3 Å². The molecule has 0 atom stereocenters. The van der Waals surface area contributed by atoms with Gasteiger partial charge in [0.1, 0.15) is 25.1 Å². The Kier molecular flexibility index (Phi) is 7.09. The zero-order valence-corrected chi connectivity index (χ0v) is 15.1. The van der Waals surface area contributed by atoms with E-state index in [9.17, 15) is 15.0 Å². The van der Waals surface area contributed by atoms with Gasteiger partial charge in [-0.15, -0.1) is 25.8 Å². The molecule has 23 heavy (non-hydrogen) atoms. The fraction of sp³-hybridized carbons (Fsp3) is 0.200. The van der Waals surface area contributed by atoms with Gasteiger partial charge in [-0.3, -0.25) is 0 Å². The predicted octanol–water partition coefficient (Wildman–Crippen LogP) is -6.46. The summed E-state index contributed by atoms with van der Waals surface area (Å²) in [5, 5.41) is 35.3. The van der Waals surface area contributed by atoms with Crippen LogP contribution in [0.1, 0.15) is 5.69 Å². The molecule has 0 bridgehead atoms. The van der Waals surface area contributed by atoms with Crippen molar-refractivity contribution < 1.29 is 54.1 Å². The number of nitrogen functional groups attached to an aromatic ring is 1. The molecule has 2 heterocycles. The number of carboxylic acids is 1. The van der Waals surface area contributed by atoms with Crippen molar-refractivity contribution in [2.45, 2.75) is 6.54 Å². The molecule has 2 aromatic heterocycles. The van der Waals surface area contributed by atoms with E-state index in [4.69, 9.17) is 5.73 Å². The summed E-state index contributed by atoms with van der Waals surface area (Å²) in [6, 6.07) is 0. The molecule has 0 fully saturated rings. The van der Waals surface area contributed by atoms with Gasteiger partial charge in [0.15, 0.2) is 5.13 Å². The molecule has 13 heteroatoms. The molecule has 0 saturated carbocycles. The second-order valence-electron chi connectivity index (χ2n) is 3.79. The maximum Gasteiger partial charge on any atom is 1.00 e. The van der Waals surface area contributed by atoms with Crippen molar-refractivity contribution in [1.29, 1.82) is 0 Å². The number of nitrogens with zero attached hydrogens (tertiary/aromatic N) is 6. The number of anilines is 1. The number of carbonyl (C=O) groups excluding carboxylic acids is 1. The van der Waals surface area contributed by atoms with Gasteiger partial charge in [-0.05, 0) is 0 Å². The maximum absolute atomic E-state index is 12.1. The van der Waals surface area contributed by atoms with Crippen molar-refractivity contribution in [2.75, 3.05) is 12.8 Å². The molecule has 0 saturated heterocycles. The van der Waals surface area contributed by atoms with Gasteiger partial charge in [0.25, 0.3) is 6.33 Å². The second-order valence-corrected chi connectivity index (χ2v) is 4.68. The molecule has 2 aromatic rings. The van der Waals surface area contributed by atoms with Crippen molar-refractivity contribution in [1.82, 2.24) is 14.8 Å². The van der Waals surface area contributed by atoms with E-state index in [0.717, 1.165) is 27.0 Å². The Balaban J connectivity index is 0.00000264. The summed E-state index contributed by atoms with van der Waals surface area (Å²) >= 11 is 1.13. The number of nitrogens with two attached hydrogens (primary N) is 1. The van der Waals surface area contributed by atoms with E-state index in [1.54, 1.807) is 0 Å². The minimum atomic E-state index is -1.32. The van der Waals surface area contributed by atoms with E-state index >= 15 is 0 Å². The largest absolute Gasteiger partial charge is 1.00 e. The van der Waals surface area contributed by atoms with E-state index < -0.39 is 18.4 Å². The van der Waals surface area contributed by atoms with Crippen LogP contribution in [0.15, 0.2) is 28.3 Å². The Morgan fingerprint density at radius 2 is 2.30 bits per heavy atom. The summed E-state index contributed by atoms with van der Waals surface area (Å²) < 4.78 is 2.08. The molecule has 0 radical (unpaired) electrons. The zero-order chi connectivity index (χ0) is 16.1. The Morgan fingerprint density at radius 3 is 2.87 bits per heavy atom. The average Bonchev–Trinajstić information content (AvgIpc) is 3.04. The molecule has 0 aliphatic carbocycles. The number of hydrogen-bond donors (Lipinski definition) is 1. The molecule has 0 spiro atoms. The Bertz CT molecular complexity index is 741. The zero-order valence-electron chi connectivity index (χ0n) is 12.2. The first-order valence-corrected chi connectivity index (χ1v) is 6.60. The third-order valence-electron chi connectivity index (χ3n) is 2.22. The fourth-order valence-electron chi connectivity index (χ4n) is 1.42. The first-order chi connectivity index (χ1) is 10.5. The van der Waals surface area contributed by atoms with Gasteiger partial charge in [0.05, 0.1) is 11.9 Å². The van der Waals surface area contributed by atoms with Gasteiger partial charge in [-0.25, -0.2) is 4.98 Å². The van der Waals surface area contributed by atoms with Crippen molar-refractivity contribution in [3.05, 3.63) is 23.7 Å². The van der Waals surface area contributed by atoms with Crippen LogP contribution >= 0.6 is 11.3 Å². The summed E-state index contributed by atoms with van der Waals surface area (Å²) in [5.41, 5.74) is 5.58. The third-order valence-corrected chi connectivity index (χ3v) is 2.89. The number of oxime groups is 1. The topological polar surface area (TPSA) is 158 Å². The summed E-state index contributed by atoms with van der Waals surface area (Å²) in [7, 11) is 1.27. The van der Waals surface area contributed by atoms with Crippen LogP contribution in [0.5, 0.6) is 0 Å². The fourth-order valence-corrected chi connectivity index (χ4v) is 1.96. The van der Waals surface area contributed by atoms with Crippen LogP contribution in [-0.2, 0) is 16.2 Å². The second kappa shape index (κ2) is 8.57. The number of aliphatic carboxylic acids is 1. The summed E-state index contributed by atoms with van der Waals surface area (Å²) in [6.07, 6.45) is 2.36. The van der Waals surface area contributed by atoms with Crippen molar-refractivity contribution in [3.8, 4) is 0 Å². The Labute approximate surface area is 156 Å². The van der Waals surface area contributed by atoms with Gasteiger partial charge in [-0.2, -0.15) is 0 Å². The number of aromatic nitrogens is 4.